The fourth-order valence-corrected chi connectivity index (χ4v) is 7.59. The van der Waals surface area contributed by atoms with Gasteiger partial charge in [-0.3, -0.25) is 9.59 Å². The maximum absolute atomic E-state index is 13.4. The lowest BCUT2D eigenvalue weighted by molar-refractivity contribution is -0.140. The number of methoxy groups -OCH3 is 1. The van der Waals surface area contributed by atoms with Crippen molar-refractivity contribution < 1.29 is 23.2 Å². The summed E-state index contributed by atoms with van der Waals surface area (Å²) in [7, 11) is -2.53. The number of carbonyl (C=O) groups excluding carboxylic acids is 2. The molecule has 1 saturated carbocycles. The number of esters is 1. The summed E-state index contributed by atoms with van der Waals surface area (Å²) in [6.45, 7) is 25.2. The van der Waals surface area contributed by atoms with E-state index in [0.29, 0.717) is 18.6 Å². The van der Waals surface area contributed by atoms with Gasteiger partial charge in [0.2, 0.25) is 0 Å². The Balaban J connectivity index is 3.14. The summed E-state index contributed by atoms with van der Waals surface area (Å²) in [6.07, 6.45) is 14.9. The summed E-state index contributed by atoms with van der Waals surface area (Å²) in [5.41, 5.74) is 0. The predicted octanol–water partition coefficient (Wildman–Crippen LogP) is 9.62. The van der Waals surface area contributed by atoms with Crippen molar-refractivity contribution in [2.45, 2.75) is 168 Å². The molecule has 0 amide bonds. The van der Waals surface area contributed by atoms with Gasteiger partial charge in [0.25, 0.3) is 0 Å². The molecule has 0 aromatic rings. The Hall–Kier alpha value is -0.766. The van der Waals surface area contributed by atoms with Crippen LogP contribution in [-0.2, 0) is 23.2 Å². The highest BCUT2D eigenvalue weighted by Gasteiger charge is 2.47. The van der Waals surface area contributed by atoms with Gasteiger partial charge in [-0.2, -0.15) is 0 Å². The molecule has 234 valence electrons. The third-order valence-corrected chi connectivity index (χ3v) is 18.7. The summed E-state index contributed by atoms with van der Waals surface area (Å²) in [6, 6.07) is 0. The van der Waals surface area contributed by atoms with Gasteiger partial charge in [0.15, 0.2) is 16.6 Å². The van der Waals surface area contributed by atoms with Crippen molar-refractivity contribution in [1.29, 1.82) is 0 Å². The highest BCUT2D eigenvalue weighted by molar-refractivity contribution is 6.74. The molecule has 0 bridgehead atoms. The van der Waals surface area contributed by atoms with Gasteiger partial charge in [-0.1, -0.05) is 99.1 Å². The molecule has 7 heteroatoms. The van der Waals surface area contributed by atoms with Crippen molar-refractivity contribution in [2.24, 2.45) is 11.8 Å². The predicted molar refractivity (Wildman–Crippen MR) is 174 cm³/mol. The van der Waals surface area contributed by atoms with Gasteiger partial charge >= 0.3 is 5.97 Å². The standard InChI is InChI=1S/C33H64O5Si2/c1-13-14-17-20-26(37-39(9,10)32(2,3)4)23-24-28-27(21-18-15-16-19-22-31(35)36-8)29(34)25-30(28)38-40(11,12)33(5,6)7/h23-24,26-28,30H,13-22,25H2,1-12H3/b24-23+/t26-,27+,28-,30-/m0/s1. The summed E-state index contributed by atoms with van der Waals surface area (Å²) in [5.74, 6) is 0.292. The van der Waals surface area contributed by atoms with E-state index in [4.69, 9.17) is 13.6 Å². The lowest BCUT2D eigenvalue weighted by Gasteiger charge is -2.40. The monoisotopic (exact) mass is 596 g/mol. The Kier molecular flexibility index (Phi) is 15.1. The van der Waals surface area contributed by atoms with E-state index in [1.807, 2.05) is 0 Å². The number of rotatable bonds is 17. The Morgan fingerprint density at radius 1 is 0.925 bits per heavy atom. The first-order valence-corrected chi connectivity index (χ1v) is 21.8. The maximum atomic E-state index is 13.4. The van der Waals surface area contributed by atoms with Crippen LogP contribution in [-0.4, -0.2) is 47.7 Å². The molecule has 0 heterocycles. The molecule has 0 radical (unpaired) electrons. The van der Waals surface area contributed by atoms with Crippen molar-refractivity contribution in [2.75, 3.05) is 7.11 Å². The van der Waals surface area contributed by atoms with E-state index in [1.54, 1.807) is 0 Å². The summed E-state index contributed by atoms with van der Waals surface area (Å²) in [5, 5.41) is 0.244. The van der Waals surface area contributed by atoms with Crippen LogP contribution < -0.4 is 0 Å². The molecule has 5 nitrogen and oxygen atoms in total. The van der Waals surface area contributed by atoms with Crippen LogP contribution in [0.3, 0.4) is 0 Å². The number of hydrogen-bond acceptors (Lipinski definition) is 5. The average molecular weight is 597 g/mol. The van der Waals surface area contributed by atoms with Crippen LogP contribution in [0.25, 0.3) is 0 Å². The second kappa shape index (κ2) is 16.2. The topological polar surface area (TPSA) is 61.8 Å². The summed E-state index contributed by atoms with van der Waals surface area (Å²) < 4.78 is 18.6. The summed E-state index contributed by atoms with van der Waals surface area (Å²) in [4.78, 5) is 24.8. The molecular weight excluding hydrogens is 533 g/mol. The largest absolute Gasteiger partial charge is 0.469 e. The fourth-order valence-electron chi connectivity index (χ4n) is 4.93. The molecule has 0 aromatic carbocycles. The van der Waals surface area contributed by atoms with E-state index >= 15 is 0 Å². The van der Waals surface area contributed by atoms with Crippen molar-refractivity contribution >= 4 is 28.4 Å². The highest BCUT2D eigenvalue weighted by atomic mass is 28.4. The molecule has 1 rings (SSSR count). The Morgan fingerprint density at radius 3 is 2.08 bits per heavy atom. The molecule has 0 spiro atoms. The molecule has 4 atom stereocenters. The van der Waals surface area contributed by atoms with E-state index in [2.05, 4.69) is 86.8 Å². The summed E-state index contributed by atoms with van der Waals surface area (Å²) >= 11 is 0. The van der Waals surface area contributed by atoms with Crippen molar-refractivity contribution in [3.63, 3.8) is 0 Å². The van der Waals surface area contributed by atoms with Crippen molar-refractivity contribution in [3.05, 3.63) is 12.2 Å². The molecular formula is C33H64O5Si2. The number of ether oxygens (including phenoxy) is 1. The van der Waals surface area contributed by atoms with Crippen LogP contribution in [0.15, 0.2) is 12.2 Å². The number of ketones is 1. The lowest BCUT2D eigenvalue weighted by atomic mass is 9.88. The average Bonchev–Trinajstić information content (AvgIpc) is 3.10. The zero-order chi connectivity index (χ0) is 30.8. The SMILES string of the molecule is CCCCC[C@@H](/C=C/[C@@H]1[C@@H](O[Si](C)(C)C(C)(C)C)CC(=O)[C@@H]1CCCCCCC(=O)OC)O[Si](C)(C)C(C)(C)C. The molecule has 0 aliphatic heterocycles. The first kappa shape index (κ1) is 37.3. The fraction of sp³-hybridized carbons (Fsp3) is 0.879. The van der Waals surface area contributed by atoms with Gasteiger partial charge in [-0.15, -0.1) is 0 Å². The Morgan fingerprint density at radius 2 is 1.52 bits per heavy atom. The highest BCUT2D eigenvalue weighted by Crippen LogP contribution is 2.43. The van der Waals surface area contributed by atoms with Crippen molar-refractivity contribution in [1.82, 2.24) is 0 Å². The lowest BCUT2D eigenvalue weighted by Crippen LogP contribution is -2.45. The third kappa shape index (κ3) is 11.8. The molecule has 40 heavy (non-hydrogen) atoms. The van der Waals surface area contributed by atoms with Gasteiger partial charge in [0.05, 0.1) is 19.3 Å². The Bertz CT molecular complexity index is 807. The van der Waals surface area contributed by atoms with Crippen LogP contribution >= 0.6 is 0 Å². The minimum Gasteiger partial charge on any atom is -0.469 e. The first-order chi connectivity index (χ1) is 18.4. The second-order valence-corrected chi connectivity index (χ2v) is 24.6. The van der Waals surface area contributed by atoms with Crippen LogP contribution in [0.5, 0.6) is 0 Å². The minimum absolute atomic E-state index is 0.00390. The van der Waals surface area contributed by atoms with Gasteiger partial charge < -0.3 is 13.6 Å². The molecule has 0 saturated heterocycles. The zero-order valence-electron chi connectivity index (χ0n) is 28.3. The van der Waals surface area contributed by atoms with Crippen LogP contribution in [0.2, 0.25) is 36.3 Å². The molecule has 0 N–H and O–H groups in total. The van der Waals surface area contributed by atoms with Gasteiger partial charge in [0.1, 0.15) is 5.78 Å². The molecule has 1 aliphatic rings. The van der Waals surface area contributed by atoms with Gasteiger partial charge in [-0.25, -0.2) is 0 Å². The molecule has 1 fully saturated rings. The van der Waals surface area contributed by atoms with Crippen LogP contribution in [0, 0.1) is 11.8 Å². The molecule has 1 aliphatic carbocycles. The number of hydrogen-bond donors (Lipinski definition) is 0. The van der Waals surface area contributed by atoms with E-state index in [-0.39, 0.29) is 40.1 Å². The molecule has 0 aromatic heterocycles. The second-order valence-electron chi connectivity index (χ2n) is 15.1. The van der Waals surface area contributed by atoms with Gasteiger partial charge in [0, 0.05) is 24.7 Å². The number of carbonyl (C=O) groups is 2. The van der Waals surface area contributed by atoms with Crippen LogP contribution in [0.1, 0.15) is 119 Å². The van der Waals surface area contributed by atoms with Gasteiger partial charge in [-0.05, 0) is 55.5 Å². The smallest absolute Gasteiger partial charge is 0.305 e. The minimum atomic E-state index is -2.03. The number of Topliss-reactive ketones (excluding diaryl/α,β-unsaturated/α-hetero) is 1. The van der Waals surface area contributed by atoms with E-state index in [0.717, 1.165) is 44.9 Å². The Labute approximate surface area is 249 Å². The maximum Gasteiger partial charge on any atom is 0.305 e. The van der Waals surface area contributed by atoms with E-state index < -0.39 is 16.6 Å². The first-order valence-electron chi connectivity index (χ1n) is 16.0. The number of unbranched alkanes of at least 4 members (excludes halogenated alkanes) is 5. The van der Waals surface area contributed by atoms with Crippen LogP contribution in [0.4, 0.5) is 0 Å². The third-order valence-electron chi connectivity index (χ3n) is 9.73. The quantitative estimate of drug-likeness (QED) is 0.0724. The normalized spacial score (nSPS) is 21.8. The van der Waals surface area contributed by atoms with Crippen molar-refractivity contribution in [3.8, 4) is 0 Å². The zero-order valence-corrected chi connectivity index (χ0v) is 30.3. The van der Waals surface area contributed by atoms with E-state index in [1.165, 1.54) is 20.0 Å². The van der Waals surface area contributed by atoms with E-state index in [9.17, 15) is 9.59 Å². The molecule has 0 unspecified atom stereocenters.